The Bertz CT molecular complexity index is 576. The maximum Gasteiger partial charge on any atom is 0.245 e. The number of nitrogens with two attached hydrogens (primary N) is 3. The number of carbonyl (C=O) groups is 4. The SMILES string of the molecule is C[C@H](N)C(=O)N[C@@H](CCCN=C(N)N)C(=O)N[C@H](C(=O)N[C@@H](C)C=O)[C@@H](C)O. The molecule has 160 valence electrons. The normalized spacial score (nSPS) is 15.9. The van der Waals surface area contributed by atoms with Crippen molar-refractivity contribution >= 4 is 30.0 Å². The van der Waals surface area contributed by atoms with Crippen LogP contribution in [0.5, 0.6) is 0 Å². The fourth-order valence-electron chi connectivity index (χ4n) is 2.08. The van der Waals surface area contributed by atoms with Gasteiger partial charge in [-0.2, -0.15) is 0 Å². The molecule has 0 saturated heterocycles. The van der Waals surface area contributed by atoms with Crippen molar-refractivity contribution in [2.45, 2.75) is 63.9 Å². The van der Waals surface area contributed by atoms with E-state index in [0.717, 1.165) is 0 Å². The molecule has 0 aliphatic carbocycles. The van der Waals surface area contributed by atoms with Crippen LogP contribution in [0.15, 0.2) is 4.99 Å². The molecule has 3 amide bonds. The number of aliphatic hydroxyl groups excluding tert-OH is 1. The number of nitrogens with zero attached hydrogens (tertiary/aromatic N) is 1. The molecule has 0 saturated carbocycles. The van der Waals surface area contributed by atoms with E-state index >= 15 is 0 Å². The molecule has 28 heavy (non-hydrogen) atoms. The zero-order valence-corrected chi connectivity index (χ0v) is 16.3. The van der Waals surface area contributed by atoms with Crippen molar-refractivity contribution in [1.82, 2.24) is 16.0 Å². The van der Waals surface area contributed by atoms with Crippen LogP contribution in [-0.2, 0) is 19.2 Å². The third kappa shape index (κ3) is 9.83. The van der Waals surface area contributed by atoms with Crippen molar-refractivity contribution in [2.24, 2.45) is 22.2 Å². The average molecular weight is 401 g/mol. The zero-order chi connectivity index (χ0) is 21.9. The van der Waals surface area contributed by atoms with Crippen LogP contribution >= 0.6 is 0 Å². The Morgan fingerprint density at radius 1 is 1.04 bits per heavy atom. The van der Waals surface area contributed by atoms with E-state index in [4.69, 9.17) is 17.2 Å². The number of hydrogen-bond donors (Lipinski definition) is 7. The Morgan fingerprint density at radius 3 is 2.11 bits per heavy atom. The van der Waals surface area contributed by atoms with Crippen molar-refractivity contribution in [3.8, 4) is 0 Å². The van der Waals surface area contributed by atoms with Crippen LogP contribution < -0.4 is 33.2 Å². The predicted octanol–water partition coefficient (Wildman–Crippen LogP) is -3.56. The number of amides is 3. The van der Waals surface area contributed by atoms with Crippen LogP contribution in [-0.4, -0.2) is 71.9 Å². The molecule has 0 bridgehead atoms. The summed E-state index contributed by atoms with van der Waals surface area (Å²) in [6.45, 7) is 4.44. The number of hydrogen-bond acceptors (Lipinski definition) is 7. The second kappa shape index (κ2) is 12.6. The van der Waals surface area contributed by atoms with Crippen LogP contribution in [0.1, 0.15) is 33.6 Å². The maximum absolute atomic E-state index is 12.6. The van der Waals surface area contributed by atoms with Gasteiger partial charge in [0.2, 0.25) is 17.7 Å². The third-order valence-electron chi connectivity index (χ3n) is 3.63. The lowest BCUT2D eigenvalue weighted by Crippen LogP contribution is -2.59. The average Bonchev–Trinajstić information content (AvgIpc) is 2.60. The number of carbonyl (C=O) groups excluding carboxylic acids is 4. The number of nitrogens with one attached hydrogen (secondary N) is 3. The van der Waals surface area contributed by atoms with Crippen LogP contribution in [0.25, 0.3) is 0 Å². The Hall–Kier alpha value is -2.73. The van der Waals surface area contributed by atoms with E-state index < -0.39 is 48.0 Å². The van der Waals surface area contributed by atoms with Crippen molar-refractivity contribution in [3.63, 3.8) is 0 Å². The summed E-state index contributed by atoms with van der Waals surface area (Å²) in [4.78, 5) is 51.1. The maximum atomic E-state index is 12.6. The molecule has 0 aliphatic heterocycles. The van der Waals surface area contributed by atoms with Gasteiger partial charge in [-0.1, -0.05) is 0 Å². The minimum atomic E-state index is -1.32. The Balaban J connectivity index is 5.18. The Kier molecular flexibility index (Phi) is 11.4. The van der Waals surface area contributed by atoms with Crippen molar-refractivity contribution in [2.75, 3.05) is 6.54 Å². The minimum Gasteiger partial charge on any atom is -0.391 e. The summed E-state index contributed by atoms with van der Waals surface area (Å²) in [5.41, 5.74) is 16.0. The summed E-state index contributed by atoms with van der Waals surface area (Å²) in [7, 11) is 0. The molecule has 0 unspecified atom stereocenters. The van der Waals surface area contributed by atoms with Gasteiger partial charge < -0.3 is 43.1 Å². The molecular weight excluding hydrogens is 370 g/mol. The lowest BCUT2D eigenvalue weighted by molar-refractivity contribution is -0.134. The lowest BCUT2D eigenvalue weighted by Gasteiger charge is -2.25. The summed E-state index contributed by atoms with van der Waals surface area (Å²) < 4.78 is 0. The Labute approximate surface area is 163 Å². The quantitative estimate of drug-likeness (QED) is 0.0749. The van der Waals surface area contributed by atoms with Crippen LogP contribution in [0.3, 0.4) is 0 Å². The standard InChI is InChI=1S/C16H31N7O5/c1-8(7-24)21-15(28)12(10(3)25)23-14(27)11(22-13(26)9(2)17)5-4-6-20-16(18)19/h7-12,25H,4-6,17H2,1-3H3,(H,21,28)(H,22,26)(H,23,27)(H4,18,19,20)/t8-,9-,10+,11-,12-/m0/s1. The summed E-state index contributed by atoms with van der Waals surface area (Å²) >= 11 is 0. The van der Waals surface area contributed by atoms with Crippen molar-refractivity contribution < 1.29 is 24.3 Å². The largest absolute Gasteiger partial charge is 0.391 e. The number of rotatable bonds is 12. The molecule has 0 fully saturated rings. The first-order chi connectivity index (χ1) is 13.0. The molecule has 12 nitrogen and oxygen atoms in total. The number of aliphatic hydroxyl groups is 1. The molecule has 0 aliphatic rings. The summed E-state index contributed by atoms with van der Waals surface area (Å²) in [6.07, 6.45) is -0.203. The third-order valence-corrected chi connectivity index (χ3v) is 3.63. The minimum absolute atomic E-state index is 0.101. The first-order valence-electron chi connectivity index (χ1n) is 8.85. The Morgan fingerprint density at radius 2 is 1.64 bits per heavy atom. The lowest BCUT2D eigenvalue weighted by atomic mass is 10.1. The van der Waals surface area contributed by atoms with E-state index in [1.807, 2.05) is 0 Å². The molecule has 12 heteroatoms. The highest BCUT2D eigenvalue weighted by molar-refractivity contribution is 5.93. The molecule has 0 aromatic rings. The molecule has 0 radical (unpaired) electrons. The summed E-state index contributed by atoms with van der Waals surface area (Å²) in [5.74, 6) is -2.09. The summed E-state index contributed by atoms with van der Waals surface area (Å²) in [5, 5.41) is 17.0. The van der Waals surface area contributed by atoms with E-state index in [9.17, 15) is 24.3 Å². The second-order valence-corrected chi connectivity index (χ2v) is 6.46. The van der Waals surface area contributed by atoms with Gasteiger partial charge >= 0.3 is 0 Å². The first-order valence-corrected chi connectivity index (χ1v) is 8.85. The van der Waals surface area contributed by atoms with Gasteiger partial charge in [-0.15, -0.1) is 0 Å². The van der Waals surface area contributed by atoms with Crippen molar-refractivity contribution in [3.05, 3.63) is 0 Å². The van der Waals surface area contributed by atoms with Crippen molar-refractivity contribution in [1.29, 1.82) is 0 Å². The molecule has 10 N–H and O–H groups in total. The topological polar surface area (TPSA) is 215 Å². The number of aldehydes is 1. The van der Waals surface area contributed by atoms with Gasteiger partial charge in [0, 0.05) is 6.54 Å². The van der Waals surface area contributed by atoms with Crippen LogP contribution in [0, 0.1) is 0 Å². The molecule has 0 spiro atoms. The van der Waals surface area contributed by atoms with E-state index in [0.29, 0.717) is 12.7 Å². The highest BCUT2D eigenvalue weighted by Gasteiger charge is 2.30. The molecule has 0 heterocycles. The van der Waals surface area contributed by atoms with E-state index in [2.05, 4.69) is 20.9 Å². The monoisotopic (exact) mass is 401 g/mol. The molecule has 0 aromatic heterocycles. The van der Waals surface area contributed by atoms with Gasteiger partial charge in [-0.25, -0.2) is 0 Å². The van der Waals surface area contributed by atoms with E-state index in [1.165, 1.54) is 20.8 Å². The number of aliphatic imine (C=N–C) groups is 1. The molecule has 5 atom stereocenters. The molecule has 0 aromatic carbocycles. The molecule has 0 rings (SSSR count). The van der Waals surface area contributed by atoms with Crippen LogP contribution in [0.2, 0.25) is 0 Å². The first kappa shape index (κ1) is 25.3. The zero-order valence-electron chi connectivity index (χ0n) is 16.3. The van der Waals surface area contributed by atoms with Gasteiger partial charge in [0.25, 0.3) is 0 Å². The predicted molar refractivity (Wildman–Crippen MR) is 103 cm³/mol. The fourth-order valence-corrected chi connectivity index (χ4v) is 2.08. The van der Waals surface area contributed by atoms with Gasteiger partial charge in [-0.3, -0.25) is 19.4 Å². The highest BCUT2D eigenvalue weighted by atomic mass is 16.3. The van der Waals surface area contributed by atoms with E-state index in [-0.39, 0.29) is 18.9 Å². The van der Waals surface area contributed by atoms with E-state index in [1.54, 1.807) is 0 Å². The molecular formula is C16H31N7O5. The highest BCUT2D eigenvalue weighted by Crippen LogP contribution is 2.02. The second-order valence-electron chi connectivity index (χ2n) is 6.46. The number of guanidine groups is 1. The van der Waals surface area contributed by atoms with Gasteiger partial charge in [0.15, 0.2) is 5.96 Å². The van der Waals surface area contributed by atoms with Gasteiger partial charge in [-0.05, 0) is 33.6 Å². The van der Waals surface area contributed by atoms with Gasteiger partial charge in [0.05, 0.1) is 18.2 Å². The van der Waals surface area contributed by atoms with Gasteiger partial charge in [0.1, 0.15) is 18.4 Å². The summed E-state index contributed by atoms with van der Waals surface area (Å²) in [6, 6.07) is -3.98. The van der Waals surface area contributed by atoms with Crippen LogP contribution in [0.4, 0.5) is 0 Å². The fraction of sp³-hybridized carbons (Fsp3) is 0.688. The smallest absolute Gasteiger partial charge is 0.245 e.